The second-order valence-corrected chi connectivity index (χ2v) is 10.0. The van der Waals surface area contributed by atoms with Gasteiger partial charge in [0.15, 0.2) is 0 Å². The highest BCUT2D eigenvalue weighted by molar-refractivity contribution is 5.82. The maximum atomic E-state index is 14.0. The van der Waals surface area contributed by atoms with E-state index in [1.165, 1.54) is 30.2 Å². The van der Waals surface area contributed by atoms with Gasteiger partial charge in [0.25, 0.3) is 0 Å². The summed E-state index contributed by atoms with van der Waals surface area (Å²) in [4.78, 5) is 42.2. The number of rotatable bonds is 8. The maximum Gasteiger partial charge on any atom is 0.451 e. The van der Waals surface area contributed by atoms with Crippen LogP contribution in [-0.4, -0.2) is 61.5 Å². The van der Waals surface area contributed by atoms with Crippen LogP contribution >= 0.6 is 0 Å². The van der Waals surface area contributed by atoms with E-state index in [1.807, 2.05) is 0 Å². The van der Waals surface area contributed by atoms with Gasteiger partial charge in [0.2, 0.25) is 11.7 Å². The van der Waals surface area contributed by atoms with Gasteiger partial charge in [0.1, 0.15) is 28.7 Å². The molecule has 0 spiro atoms. The number of piperidine rings is 1. The Hall–Kier alpha value is -4.23. The van der Waals surface area contributed by atoms with Gasteiger partial charge in [0, 0.05) is 49.1 Å². The first-order chi connectivity index (χ1) is 19.3. The van der Waals surface area contributed by atoms with Crippen LogP contribution in [0.5, 0.6) is 0 Å². The zero-order chi connectivity index (χ0) is 29.9. The van der Waals surface area contributed by atoms with Gasteiger partial charge in [-0.3, -0.25) is 9.59 Å². The predicted molar refractivity (Wildman–Crippen MR) is 136 cm³/mol. The van der Waals surface area contributed by atoms with E-state index in [9.17, 15) is 36.6 Å². The third-order valence-electron chi connectivity index (χ3n) is 7.16. The summed E-state index contributed by atoms with van der Waals surface area (Å²) in [6.07, 6.45) is -2.08. The third kappa shape index (κ3) is 6.57. The lowest BCUT2D eigenvalue weighted by Crippen LogP contribution is -2.43. The number of aromatic nitrogens is 4. The average Bonchev–Trinajstić information content (AvgIpc) is 2.93. The number of benzene rings is 1. The molecule has 1 atom stereocenters. The van der Waals surface area contributed by atoms with E-state index in [0.29, 0.717) is 24.4 Å². The Morgan fingerprint density at radius 2 is 1.73 bits per heavy atom. The molecule has 1 aliphatic heterocycles. The van der Waals surface area contributed by atoms with Crippen molar-refractivity contribution in [3.63, 3.8) is 0 Å². The molecule has 1 saturated heterocycles. The standard InChI is InChI=1S/C27H27F5N6O3/c1-15-34-13-18(26(2,25(40)41)14-35-21-6-9-33-24(37-21)27(30,31)32)23(36-15)16-7-10-38(11-8-16)22(39)12-17-19(28)4-3-5-20(17)29/h3-6,9,13,16H,7-8,10-12,14H2,1-2H3,(H,40,41)(H,33,35,37). The molecule has 4 rings (SSSR count). The Labute approximate surface area is 231 Å². The zero-order valence-corrected chi connectivity index (χ0v) is 22.2. The van der Waals surface area contributed by atoms with Crippen molar-refractivity contribution in [1.82, 2.24) is 24.8 Å². The monoisotopic (exact) mass is 578 g/mol. The van der Waals surface area contributed by atoms with Crippen LogP contribution in [0, 0.1) is 18.6 Å². The van der Waals surface area contributed by atoms with Crippen molar-refractivity contribution in [2.45, 2.75) is 50.6 Å². The average molecular weight is 579 g/mol. The minimum Gasteiger partial charge on any atom is -0.481 e. The van der Waals surface area contributed by atoms with E-state index in [-0.39, 0.29) is 42.5 Å². The number of hydrogen-bond donors (Lipinski definition) is 2. The van der Waals surface area contributed by atoms with E-state index in [2.05, 4.69) is 25.3 Å². The van der Waals surface area contributed by atoms with Crippen LogP contribution in [-0.2, 0) is 27.6 Å². The fourth-order valence-electron chi connectivity index (χ4n) is 4.74. The van der Waals surface area contributed by atoms with Crippen molar-refractivity contribution in [3.05, 3.63) is 76.8 Å². The van der Waals surface area contributed by atoms with Gasteiger partial charge in [0.05, 0.1) is 12.1 Å². The first-order valence-corrected chi connectivity index (χ1v) is 12.7. The molecule has 1 aromatic carbocycles. The number of aliphatic carboxylic acids is 1. The predicted octanol–water partition coefficient (Wildman–Crippen LogP) is 4.28. The molecule has 9 nitrogen and oxygen atoms in total. The summed E-state index contributed by atoms with van der Waals surface area (Å²) < 4.78 is 67.2. The largest absolute Gasteiger partial charge is 0.481 e. The Morgan fingerprint density at radius 1 is 1.07 bits per heavy atom. The van der Waals surface area contributed by atoms with Gasteiger partial charge in [-0.05, 0) is 44.9 Å². The Morgan fingerprint density at radius 3 is 2.34 bits per heavy atom. The van der Waals surface area contributed by atoms with E-state index < -0.39 is 47.3 Å². The number of hydrogen-bond acceptors (Lipinski definition) is 7. The maximum absolute atomic E-state index is 14.0. The Bertz CT molecular complexity index is 1420. The normalized spacial score (nSPS) is 15.8. The lowest BCUT2D eigenvalue weighted by Gasteiger charge is -2.35. The number of carbonyl (C=O) groups is 2. The third-order valence-corrected chi connectivity index (χ3v) is 7.16. The van der Waals surface area contributed by atoms with E-state index >= 15 is 0 Å². The molecule has 1 aliphatic rings. The first-order valence-electron chi connectivity index (χ1n) is 12.7. The van der Waals surface area contributed by atoms with Crippen molar-refractivity contribution in [2.24, 2.45) is 0 Å². The van der Waals surface area contributed by atoms with Gasteiger partial charge >= 0.3 is 12.1 Å². The summed E-state index contributed by atoms with van der Waals surface area (Å²) >= 11 is 0. The van der Waals surface area contributed by atoms with E-state index in [1.54, 1.807) is 6.92 Å². The molecule has 3 heterocycles. The molecular weight excluding hydrogens is 551 g/mol. The number of carboxylic acids is 1. The fourth-order valence-corrected chi connectivity index (χ4v) is 4.74. The Kier molecular flexibility index (Phi) is 8.50. The molecule has 1 amide bonds. The second-order valence-electron chi connectivity index (χ2n) is 10.0. The summed E-state index contributed by atoms with van der Waals surface area (Å²) in [7, 11) is 0. The minimum atomic E-state index is -4.77. The van der Waals surface area contributed by atoms with Crippen LogP contribution in [0.1, 0.15) is 54.2 Å². The van der Waals surface area contributed by atoms with E-state index in [4.69, 9.17) is 0 Å². The van der Waals surface area contributed by atoms with Crippen LogP contribution in [0.4, 0.5) is 27.8 Å². The molecule has 0 aliphatic carbocycles. The minimum absolute atomic E-state index is 0.201. The lowest BCUT2D eigenvalue weighted by molar-refractivity contribution is -0.145. The highest BCUT2D eigenvalue weighted by atomic mass is 19.4. The molecule has 14 heteroatoms. The van der Waals surface area contributed by atoms with Gasteiger partial charge in [-0.25, -0.2) is 28.7 Å². The van der Waals surface area contributed by atoms with Crippen molar-refractivity contribution in [3.8, 4) is 0 Å². The van der Waals surface area contributed by atoms with Crippen LogP contribution in [0.25, 0.3) is 0 Å². The van der Waals surface area contributed by atoms with E-state index in [0.717, 1.165) is 18.3 Å². The molecule has 2 N–H and O–H groups in total. The molecule has 41 heavy (non-hydrogen) atoms. The van der Waals surface area contributed by atoms with Gasteiger partial charge < -0.3 is 15.3 Å². The van der Waals surface area contributed by atoms with Crippen molar-refractivity contribution >= 4 is 17.7 Å². The summed E-state index contributed by atoms with van der Waals surface area (Å²) in [5, 5.41) is 12.9. The fraction of sp³-hybridized carbons (Fsp3) is 0.407. The highest BCUT2D eigenvalue weighted by Crippen LogP contribution is 2.36. The molecule has 1 unspecified atom stereocenters. The quantitative estimate of drug-likeness (QED) is 0.380. The topological polar surface area (TPSA) is 121 Å². The Balaban J connectivity index is 1.52. The molecule has 2 aromatic heterocycles. The molecule has 0 bridgehead atoms. The molecule has 0 saturated carbocycles. The number of anilines is 1. The number of aryl methyl sites for hydroxylation is 1. The number of carbonyl (C=O) groups excluding carboxylic acids is 1. The SMILES string of the molecule is Cc1ncc(C(C)(CNc2ccnc(C(F)(F)F)n2)C(=O)O)c(C2CCN(C(=O)Cc3c(F)cccc3F)CC2)n1. The smallest absolute Gasteiger partial charge is 0.451 e. The lowest BCUT2D eigenvalue weighted by atomic mass is 9.78. The second kappa shape index (κ2) is 11.7. The van der Waals surface area contributed by atoms with Gasteiger partial charge in [-0.2, -0.15) is 13.2 Å². The number of likely N-dealkylation sites (tertiary alicyclic amines) is 1. The van der Waals surface area contributed by atoms with Crippen molar-refractivity contribution in [1.29, 1.82) is 0 Å². The number of amides is 1. The summed E-state index contributed by atoms with van der Waals surface area (Å²) in [5.41, 5.74) is -1.24. The molecule has 3 aromatic rings. The molecule has 1 fully saturated rings. The highest BCUT2D eigenvalue weighted by Gasteiger charge is 2.41. The number of nitrogens with zero attached hydrogens (tertiary/aromatic N) is 5. The number of nitrogens with one attached hydrogen (secondary N) is 1. The first kappa shape index (κ1) is 29.7. The molecule has 218 valence electrons. The summed E-state index contributed by atoms with van der Waals surface area (Å²) in [5.74, 6) is -4.73. The van der Waals surface area contributed by atoms with Crippen molar-refractivity contribution < 1.29 is 36.6 Å². The summed E-state index contributed by atoms with van der Waals surface area (Å²) in [6, 6.07) is 4.60. The number of carboxylic acid groups (broad SMARTS) is 1. The number of alkyl halides is 3. The van der Waals surface area contributed by atoms with Crippen LogP contribution < -0.4 is 5.32 Å². The van der Waals surface area contributed by atoms with Crippen LogP contribution in [0.3, 0.4) is 0 Å². The zero-order valence-electron chi connectivity index (χ0n) is 22.2. The van der Waals surface area contributed by atoms with Gasteiger partial charge in [-0.15, -0.1) is 0 Å². The van der Waals surface area contributed by atoms with Crippen molar-refractivity contribution in [2.75, 3.05) is 25.0 Å². The summed E-state index contributed by atoms with van der Waals surface area (Å²) in [6.45, 7) is 3.23. The molecular formula is C27H27F5N6O3. The van der Waals surface area contributed by atoms with Crippen LogP contribution in [0.2, 0.25) is 0 Å². The van der Waals surface area contributed by atoms with Crippen LogP contribution in [0.15, 0.2) is 36.7 Å². The number of halogens is 5. The molecule has 0 radical (unpaired) electrons. The van der Waals surface area contributed by atoms with Gasteiger partial charge in [-0.1, -0.05) is 6.07 Å².